The van der Waals surface area contributed by atoms with Crippen molar-refractivity contribution in [3.8, 4) is 0 Å². The lowest BCUT2D eigenvalue weighted by molar-refractivity contribution is 0.0118. The van der Waals surface area contributed by atoms with E-state index < -0.39 is 34.9 Å². The van der Waals surface area contributed by atoms with Gasteiger partial charge in [0.15, 0.2) is 0 Å². The number of alkyl halides is 2. The zero-order valence-corrected chi connectivity index (χ0v) is 14.9. The van der Waals surface area contributed by atoms with E-state index in [2.05, 4.69) is 0 Å². The van der Waals surface area contributed by atoms with Gasteiger partial charge < -0.3 is 11.1 Å². The van der Waals surface area contributed by atoms with Gasteiger partial charge in [0.05, 0.1) is 23.5 Å². The summed E-state index contributed by atoms with van der Waals surface area (Å²) in [5, 5.41) is 2.03. The van der Waals surface area contributed by atoms with Crippen molar-refractivity contribution in [2.45, 2.75) is 17.7 Å². The fourth-order valence-corrected chi connectivity index (χ4v) is 3.07. The van der Waals surface area contributed by atoms with Crippen LogP contribution in [0.1, 0.15) is 15.9 Å². The summed E-state index contributed by atoms with van der Waals surface area (Å²) in [6, 6.07) is 7.44. The highest BCUT2D eigenvalue weighted by Crippen LogP contribution is 2.16. The second-order valence-corrected chi connectivity index (χ2v) is 7.13. The molecule has 138 valence electrons. The van der Waals surface area contributed by atoms with Gasteiger partial charge in [-0.1, -0.05) is 17.7 Å². The Morgan fingerprint density at radius 1 is 1.24 bits per heavy atom. The number of nitrogens with two attached hydrogens (primary N) is 1. The van der Waals surface area contributed by atoms with Crippen molar-refractivity contribution < 1.29 is 22.0 Å². The zero-order valence-electron chi connectivity index (χ0n) is 13.3. The summed E-state index contributed by atoms with van der Waals surface area (Å²) in [4.78, 5) is 11.9. The second-order valence-electron chi connectivity index (χ2n) is 5.29. The SMILES string of the molecule is Cc1ccc(S(=O)(=O)n2ccc(C(=O)NCC(F)(F)CN)c2)cc1.Cl. The third-order valence-electron chi connectivity index (χ3n) is 3.33. The molecule has 1 aromatic heterocycles. The Morgan fingerprint density at radius 2 is 1.84 bits per heavy atom. The molecule has 0 radical (unpaired) electrons. The number of rotatable bonds is 6. The quantitative estimate of drug-likeness (QED) is 0.782. The maximum absolute atomic E-state index is 13.0. The molecule has 0 bridgehead atoms. The Morgan fingerprint density at radius 3 is 2.40 bits per heavy atom. The number of halogens is 3. The molecule has 1 heterocycles. The van der Waals surface area contributed by atoms with E-state index >= 15 is 0 Å². The first-order valence-electron chi connectivity index (χ1n) is 7.02. The van der Waals surface area contributed by atoms with Gasteiger partial charge in [0.25, 0.3) is 21.9 Å². The first-order valence-corrected chi connectivity index (χ1v) is 8.46. The van der Waals surface area contributed by atoms with Gasteiger partial charge in [-0.05, 0) is 25.1 Å². The summed E-state index contributed by atoms with van der Waals surface area (Å²) in [5.74, 6) is -4.02. The van der Waals surface area contributed by atoms with Crippen LogP contribution in [0.15, 0.2) is 47.6 Å². The number of aromatic nitrogens is 1. The number of nitrogens with zero attached hydrogens (tertiary/aromatic N) is 1. The molecular weight excluding hydrogens is 376 g/mol. The molecule has 2 rings (SSSR count). The summed E-state index contributed by atoms with van der Waals surface area (Å²) >= 11 is 0. The van der Waals surface area contributed by atoms with Crippen molar-refractivity contribution in [1.29, 1.82) is 0 Å². The van der Waals surface area contributed by atoms with Crippen LogP contribution in [0.4, 0.5) is 8.78 Å². The Labute approximate surface area is 150 Å². The molecule has 0 aliphatic carbocycles. The van der Waals surface area contributed by atoms with Gasteiger partial charge in [0, 0.05) is 12.4 Å². The standard InChI is InChI=1S/C15H17F2N3O3S.ClH/c1-11-2-4-13(5-3-11)24(22,23)20-7-6-12(8-20)14(21)19-10-15(16,17)9-18;/h2-8H,9-10,18H2,1H3,(H,19,21);1H. The van der Waals surface area contributed by atoms with Crippen molar-refractivity contribution in [3.05, 3.63) is 53.9 Å². The normalized spacial score (nSPS) is 11.7. The molecule has 1 aromatic carbocycles. The van der Waals surface area contributed by atoms with E-state index in [0.29, 0.717) is 0 Å². The van der Waals surface area contributed by atoms with Crippen LogP contribution in [0, 0.1) is 6.92 Å². The highest BCUT2D eigenvalue weighted by molar-refractivity contribution is 7.90. The molecule has 10 heteroatoms. The molecule has 0 saturated heterocycles. The lowest BCUT2D eigenvalue weighted by Gasteiger charge is -2.13. The minimum Gasteiger partial charge on any atom is -0.346 e. The van der Waals surface area contributed by atoms with Gasteiger partial charge in [-0.3, -0.25) is 4.79 Å². The van der Waals surface area contributed by atoms with Crippen LogP contribution in [-0.2, 0) is 10.0 Å². The smallest absolute Gasteiger partial charge is 0.277 e. The molecule has 1 amide bonds. The fourth-order valence-electron chi connectivity index (χ4n) is 1.88. The summed E-state index contributed by atoms with van der Waals surface area (Å²) in [6.07, 6.45) is 2.26. The largest absolute Gasteiger partial charge is 0.346 e. The number of amides is 1. The Hall–Kier alpha value is -1.97. The van der Waals surface area contributed by atoms with E-state index in [9.17, 15) is 22.0 Å². The minimum atomic E-state index is -3.85. The molecule has 3 N–H and O–H groups in total. The molecule has 6 nitrogen and oxygen atoms in total. The molecule has 25 heavy (non-hydrogen) atoms. The number of hydrogen-bond acceptors (Lipinski definition) is 4. The zero-order chi connectivity index (χ0) is 18.0. The first-order chi connectivity index (χ1) is 11.2. The third-order valence-corrected chi connectivity index (χ3v) is 4.98. The maximum Gasteiger partial charge on any atom is 0.277 e. The highest BCUT2D eigenvalue weighted by atomic mass is 35.5. The lowest BCUT2D eigenvalue weighted by Crippen LogP contribution is -2.41. The number of benzene rings is 1. The van der Waals surface area contributed by atoms with E-state index in [0.717, 1.165) is 15.7 Å². The van der Waals surface area contributed by atoms with Crippen LogP contribution in [0.2, 0.25) is 0 Å². The number of aryl methyl sites for hydroxylation is 1. The van der Waals surface area contributed by atoms with E-state index in [1.807, 2.05) is 12.2 Å². The monoisotopic (exact) mass is 393 g/mol. The molecule has 2 aromatic rings. The minimum absolute atomic E-state index is 0. The Bertz CT molecular complexity index is 836. The molecule has 0 aliphatic rings. The Kier molecular flexibility index (Phi) is 6.69. The van der Waals surface area contributed by atoms with E-state index in [1.54, 1.807) is 12.1 Å². The van der Waals surface area contributed by atoms with Gasteiger partial charge in [-0.25, -0.2) is 21.2 Å². The van der Waals surface area contributed by atoms with E-state index in [4.69, 9.17) is 5.73 Å². The van der Waals surface area contributed by atoms with Crippen LogP contribution >= 0.6 is 12.4 Å². The van der Waals surface area contributed by atoms with Crippen molar-refractivity contribution >= 4 is 28.3 Å². The number of carbonyl (C=O) groups is 1. The van der Waals surface area contributed by atoms with Crippen molar-refractivity contribution in [2.75, 3.05) is 13.1 Å². The predicted molar refractivity (Wildman–Crippen MR) is 91.8 cm³/mol. The molecule has 0 fully saturated rings. The van der Waals surface area contributed by atoms with Crippen LogP contribution < -0.4 is 11.1 Å². The molecule has 0 aliphatic heterocycles. The molecule has 0 spiro atoms. The summed E-state index contributed by atoms with van der Waals surface area (Å²) in [5.41, 5.74) is 5.74. The fraction of sp³-hybridized carbons (Fsp3) is 0.267. The van der Waals surface area contributed by atoms with Gasteiger partial charge >= 0.3 is 0 Å². The van der Waals surface area contributed by atoms with Crippen LogP contribution in [-0.4, -0.2) is 37.3 Å². The van der Waals surface area contributed by atoms with Gasteiger partial charge in [-0.15, -0.1) is 12.4 Å². The Balaban J connectivity index is 0.00000312. The summed E-state index contributed by atoms with van der Waals surface area (Å²) < 4.78 is 51.8. The van der Waals surface area contributed by atoms with Gasteiger partial charge in [0.2, 0.25) is 0 Å². The molecule has 0 unspecified atom stereocenters. The number of hydrogen-bond donors (Lipinski definition) is 2. The number of carbonyl (C=O) groups excluding carboxylic acids is 1. The highest BCUT2D eigenvalue weighted by Gasteiger charge is 2.27. The average molecular weight is 394 g/mol. The topological polar surface area (TPSA) is 94.2 Å². The van der Waals surface area contributed by atoms with Crippen molar-refractivity contribution in [3.63, 3.8) is 0 Å². The molecule has 0 saturated carbocycles. The predicted octanol–water partition coefficient (Wildman–Crippen LogP) is 1.78. The van der Waals surface area contributed by atoms with Crippen LogP contribution in [0.3, 0.4) is 0 Å². The van der Waals surface area contributed by atoms with Crippen LogP contribution in [0.5, 0.6) is 0 Å². The summed E-state index contributed by atoms with van der Waals surface area (Å²) in [6.45, 7) is 0.0138. The van der Waals surface area contributed by atoms with Crippen molar-refractivity contribution in [2.24, 2.45) is 5.73 Å². The first kappa shape index (κ1) is 21.1. The third kappa shape index (κ3) is 5.00. The second kappa shape index (κ2) is 7.94. The summed E-state index contributed by atoms with van der Waals surface area (Å²) in [7, 11) is -3.85. The molecular formula is C15H18ClF2N3O3S. The molecule has 0 atom stereocenters. The lowest BCUT2D eigenvalue weighted by atomic mass is 10.2. The van der Waals surface area contributed by atoms with E-state index in [-0.39, 0.29) is 22.9 Å². The number of nitrogens with one attached hydrogen (secondary N) is 1. The van der Waals surface area contributed by atoms with E-state index in [1.165, 1.54) is 24.4 Å². The van der Waals surface area contributed by atoms with Crippen molar-refractivity contribution in [1.82, 2.24) is 9.29 Å². The average Bonchev–Trinajstić information content (AvgIpc) is 3.04. The van der Waals surface area contributed by atoms with Gasteiger partial charge in [-0.2, -0.15) is 0 Å². The van der Waals surface area contributed by atoms with Crippen LogP contribution in [0.25, 0.3) is 0 Å². The maximum atomic E-state index is 13.0. The van der Waals surface area contributed by atoms with Gasteiger partial charge in [0.1, 0.15) is 0 Å².